The van der Waals surface area contributed by atoms with E-state index in [0.29, 0.717) is 12.5 Å². The van der Waals surface area contributed by atoms with Crippen LogP contribution in [-0.4, -0.2) is 12.5 Å². The third-order valence-electron chi connectivity index (χ3n) is 5.11. The van der Waals surface area contributed by atoms with Crippen LogP contribution in [0.3, 0.4) is 0 Å². The van der Waals surface area contributed by atoms with Crippen LogP contribution in [-0.2, 0) is 4.79 Å². The van der Waals surface area contributed by atoms with Crippen LogP contribution in [0.5, 0.6) is 0 Å². The quantitative estimate of drug-likeness (QED) is 0.893. The Morgan fingerprint density at radius 2 is 2.00 bits per heavy atom. The van der Waals surface area contributed by atoms with Gasteiger partial charge in [0.25, 0.3) is 0 Å². The first-order chi connectivity index (χ1) is 9.98. The van der Waals surface area contributed by atoms with Crippen molar-refractivity contribution in [2.45, 2.75) is 52.5 Å². The van der Waals surface area contributed by atoms with Gasteiger partial charge < -0.3 is 11.1 Å². The summed E-state index contributed by atoms with van der Waals surface area (Å²) >= 11 is 0. The third-order valence-corrected chi connectivity index (χ3v) is 5.11. The Hall–Kier alpha value is -1.35. The van der Waals surface area contributed by atoms with Crippen LogP contribution >= 0.6 is 0 Å². The topological polar surface area (TPSA) is 55.1 Å². The summed E-state index contributed by atoms with van der Waals surface area (Å²) in [6.07, 6.45) is 4.03. The maximum Gasteiger partial charge on any atom is 0.227 e. The molecule has 1 amide bonds. The molecule has 1 aliphatic rings. The van der Waals surface area contributed by atoms with Crippen LogP contribution in [0.15, 0.2) is 24.3 Å². The number of benzene rings is 1. The molecule has 2 rings (SSSR count). The number of hydrogen-bond acceptors (Lipinski definition) is 2. The second kappa shape index (κ2) is 6.61. The van der Waals surface area contributed by atoms with Gasteiger partial charge in [0.1, 0.15) is 0 Å². The molecule has 0 unspecified atom stereocenters. The summed E-state index contributed by atoms with van der Waals surface area (Å²) in [7, 11) is 0. The van der Waals surface area contributed by atoms with E-state index in [1.54, 1.807) is 0 Å². The van der Waals surface area contributed by atoms with Gasteiger partial charge in [0.15, 0.2) is 0 Å². The zero-order chi connectivity index (χ0) is 15.5. The molecule has 0 aromatic heterocycles. The molecule has 3 N–H and O–H groups in total. The molecule has 1 aromatic rings. The predicted molar refractivity (Wildman–Crippen MR) is 86.9 cm³/mol. The lowest BCUT2D eigenvalue weighted by atomic mass is 9.70. The fraction of sp³-hybridized carbons (Fsp3) is 0.611. The average Bonchev–Trinajstić information content (AvgIpc) is 2.48. The monoisotopic (exact) mass is 288 g/mol. The van der Waals surface area contributed by atoms with Crippen LogP contribution in [0.4, 0.5) is 0 Å². The molecule has 1 aliphatic carbocycles. The molecule has 1 fully saturated rings. The van der Waals surface area contributed by atoms with E-state index in [1.807, 2.05) is 12.1 Å². The van der Waals surface area contributed by atoms with Gasteiger partial charge in [-0.15, -0.1) is 0 Å². The van der Waals surface area contributed by atoms with Crippen LogP contribution < -0.4 is 11.1 Å². The lowest BCUT2D eigenvalue weighted by Crippen LogP contribution is -2.48. The van der Waals surface area contributed by atoms with E-state index in [2.05, 4.69) is 38.2 Å². The number of amides is 1. The predicted octanol–water partition coefficient (Wildman–Crippen LogP) is 3.33. The zero-order valence-electron chi connectivity index (χ0n) is 13.5. The SMILES string of the molecule is Cc1ccccc1[C@H](C)NC(=O)C1(CN)CCC(C)CC1. The van der Waals surface area contributed by atoms with Gasteiger partial charge in [0.05, 0.1) is 11.5 Å². The Labute approximate surface area is 128 Å². The summed E-state index contributed by atoms with van der Waals surface area (Å²) in [4.78, 5) is 12.8. The fourth-order valence-electron chi connectivity index (χ4n) is 3.34. The molecule has 1 atom stereocenters. The standard InChI is InChI=1S/C18H28N2O/c1-13-8-10-18(12-19,11-9-13)17(21)20-15(3)16-7-5-4-6-14(16)2/h4-7,13,15H,8-12,19H2,1-3H3,(H,20,21)/t13?,15-,18?/m0/s1. The molecule has 0 saturated heterocycles. The van der Waals surface area contributed by atoms with Crippen molar-refractivity contribution in [3.63, 3.8) is 0 Å². The number of aryl methyl sites for hydroxylation is 1. The Kier molecular flexibility index (Phi) is 5.04. The first kappa shape index (κ1) is 16.0. The second-order valence-electron chi connectivity index (χ2n) is 6.72. The third kappa shape index (κ3) is 3.46. The number of hydrogen-bond donors (Lipinski definition) is 2. The molecular formula is C18H28N2O. The summed E-state index contributed by atoms with van der Waals surface area (Å²) in [5.41, 5.74) is 8.01. The van der Waals surface area contributed by atoms with E-state index in [0.717, 1.165) is 25.7 Å². The Morgan fingerprint density at radius 3 is 2.57 bits per heavy atom. The van der Waals surface area contributed by atoms with Crippen LogP contribution in [0.1, 0.15) is 56.7 Å². The van der Waals surface area contributed by atoms with Crippen LogP contribution in [0.2, 0.25) is 0 Å². The molecule has 21 heavy (non-hydrogen) atoms. The number of carbonyl (C=O) groups excluding carboxylic acids is 1. The van der Waals surface area contributed by atoms with Gasteiger partial charge in [-0.05, 0) is 56.6 Å². The second-order valence-corrected chi connectivity index (χ2v) is 6.72. The van der Waals surface area contributed by atoms with Gasteiger partial charge in [-0.1, -0.05) is 31.2 Å². The number of rotatable bonds is 4. The van der Waals surface area contributed by atoms with Crippen molar-refractivity contribution in [2.24, 2.45) is 17.1 Å². The van der Waals surface area contributed by atoms with Crippen LogP contribution in [0, 0.1) is 18.3 Å². The summed E-state index contributed by atoms with van der Waals surface area (Å²) in [6.45, 7) is 6.84. The molecule has 1 saturated carbocycles. The van der Waals surface area contributed by atoms with Gasteiger partial charge in [-0.3, -0.25) is 4.79 Å². The van der Waals surface area contributed by atoms with Crippen molar-refractivity contribution >= 4 is 5.91 Å². The Morgan fingerprint density at radius 1 is 1.38 bits per heavy atom. The molecule has 0 spiro atoms. The molecule has 3 heteroatoms. The largest absolute Gasteiger partial charge is 0.349 e. The van der Waals surface area contributed by atoms with E-state index in [4.69, 9.17) is 5.73 Å². The van der Waals surface area contributed by atoms with E-state index >= 15 is 0 Å². The summed E-state index contributed by atoms with van der Waals surface area (Å²) in [5, 5.41) is 3.19. The number of nitrogens with one attached hydrogen (secondary N) is 1. The van der Waals surface area contributed by atoms with E-state index in [1.165, 1.54) is 11.1 Å². The van der Waals surface area contributed by atoms with Crippen molar-refractivity contribution < 1.29 is 4.79 Å². The highest BCUT2D eigenvalue weighted by Crippen LogP contribution is 2.38. The van der Waals surface area contributed by atoms with Crippen molar-refractivity contribution in [3.05, 3.63) is 35.4 Å². The van der Waals surface area contributed by atoms with E-state index in [9.17, 15) is 4.79 Å². The van der Waals surface area contributed by atoms with Crippen molar-refractivity contribution in [1.29, 1.82) is 0 Å². The highest BCUT2D eigenvalue weighted by Gasteiger charge is 2.40. The average molecular weight is 288 g/mol. The van der Waals surface area contributed by atoms with Crippen molar-refractivity contribution in [3.8, 4) is 0 Å². The highest BCUT2D eigenvalue weighted by molar-refractivity contribution is 5.83. The van der Waals surface area contributed by atoms with Crippen molar-refractivity contribution in [2.75, 3.05) is 6.54 Å². The maximum absolute atomic E-state index is 12.8. The fourth-order valence-corrected chi connectivity index (χ4v) is 3.34. The summed E-state index contributed by atoms with van der Waals surface area (Å²) in [5.74, 6) is 0.846. The number of carbonyl (C=O) groups is 1. The maximum atomic E-state index is 12.8. The molecule has 3 nitrogen and oxygen atoms in total. The molecule has 0 aliphatic heterocycles. The van der Waals surface area contributed by atoms with Gasteiger partial charge >= 0.3 is 0 Å². The summed E-state index contributed by atoms with van der Waals surface area (Å²) in [6, 6.07) is 8.24. The number of nitrogens with two attached hydrogens (primary N) is 1. The normalized spacial score (nSPS) is 27.1. The van der Waals surface area contributed by atoms with Gasteiger partial charge in [-0.2, -0.15) is 0 Å². The Bertz CT molecular complexity index is 490. The lowest BCUT2D eigenvalue weighted by Gasteiger charge is -2.38. The first-order valence-electron chi connectivity index (χ1n) is 8.05. The van der Waals surface area contributed by atoms with Crippen molar-refractivity contribution in [1.82, 2.24) is 5.32 Å². The molecule has 1 aromatic carbocycles. The van der Waals surface area contributed by atoms with Gasteiger partial charge in [-0.25, -0.2) is 0 Å². The first-order valence-corrected chi connectivity index (χ1v) is 8.05. The Balaban J connectivity index is 2.08. The van der Waals surface area contributed by atoms with E-state index in [-0.39, 0.29) is 17.4 Å². The minimum Gasteiger partial charge on any atom is -0.349 e. The summed E-state index contributed by atoms with van der Waals surface area (Å²) < 4.78 is 0. The molecular weight excluding hydrogens is 260 g/mol. The molecule has 0 heterocycles. The lowest BCUT2D eigenvalue weighted by molar-refractivity contribution is -0.133. The minimum atomic E-state index is -0.358. The highest BCUT2D eigenvalue weighted by atomic mass is 16.2. The molecule has 0 bridgehead atoms. The molecule has 0 radical (unpaired) electrons. The zero-order valence-corrected chi connectivity index (χ0v) is 13.5. The van der Waals surface area contributed by atoms with E-state index < -0.39 is 0 Å². The van der Waals surface area contributed by atoms with Gasteiger partial charge in [0.2, 0.25) is 5.91 Å². The minimum absolute atomic E-state index is 0.0291. The van der Waals surface area contributed by atoms with Crippen LogP contribution in [0.25, 0.3) is 0 Å². The molecule has 116 valence electrons. The van der Waals surface area contributed by atoms with Gasteiger partial charge in [0, 0.05) is 6.54 Å². The smallest absolute Gasteiger partial charge is 0.227 e.